The minimum Gasteiger partial charge on any atom is -0.387 e. The Balaban J connectivity index is 0.00000242. The average molecular weight is 346 g/mol. The highest BCUT2D eigenvalue weighted by molar-refractivity contribution is 7.09. The third-order valence-corrected chi connectivity index (χ3v) is 3.76. The van der Waals surface area contributed by atoms with Gasteiger partial charge in [-0.3, -0.25) is 4.79 Å². The lowest BCUT2D eigenvalue weighted by Crippen LogP contribution is -2.28. The van der Waals surface area contributed by atoms with Gasteiger partial charge in [0.1, 0.15) is 11.5 Å². The van der Waals surface area contributed by atoms with Crippen molar-refractivity contribution in [1.29, 1.82) is 0 Å². The fraction of sp³-hybridized carbons (Fsp3) is 0.286. The minimum absolute atomic E-state index is 0. The summed E-state index contributed by atoms with van der Waals surface area (Å²) < 4.78 is 12.8. The first-order valence-corrected chi connectivity index (χ1v) is 7.34. The average Bonchev–Trinajstić information content (AvgIpc) is 2.94. The summed E-state index contributed by atoms with van der Waals surface area (Å²) in [6, 6.07) is 5.49. The lowest BCUT2D eigenvalue weighted by atomic mass is 10.1. The molecule has 0 saturated heterocycles. The number of rotatable bonds is 6. The van der Waals surface area contributed by atoms with Crippen molar-refractivity contribution in [3.63, 3.8) is 0 Å². The molecule has 8 heteroatoms. The molecule has 0 fully saturated rings. The first-order valence-electron chi connectivity index (χ1n) is 6.46. The molecule has 2 rings (SSSR count). The molecule has 1 aromatic heterocycles. The molecule has 0 radical (unpaired) electrons. The van der Waals surface area contributed by atoms with Crippen LogP contribution in [0.3, 0.4) is 0 Å². The van der Waals surface area contributed by atoms with Crippen LogP contribution in [0.5, 0.6) is 0 Å². The van der Waals surface area contributed by atoms with Crippen LogP contribution in [0.4, 0.5) is 4.39 Å². The molecule has 4 N–H and O–H groups in total. The van der Waals surface area contributed by atoms with Crippen molar-refractivity contribution in [2.24, 2.45) is 5.73 Å². The molecule has 1 atom stereocenters. The summed E-state index contributed by atoms with van der Waals surface area (Å²) in [5.74, 6) is -0.722. The predicted molar refractivity (Wildman–Crippen MR) is 85.8 cm³/mol. The zero-order valence-corrected chi connectivity index (χ0v) is 13.3. The highest BCUT2D eigenvalue weighted by Gasteiger charge is 2.13. The molecule has 0 aliphatic rings. The number of nitrogens with two attached hydrogens (primary N) is 1. The molecular formula is C14H17ClFN3O2S. The fourth-order valence-electron chi connectivity index (χ4n) is 1.74. The number of thiazole rings is 1. The van der Waals surface area contributed by atoms with Crippen LogP contribution < -0.4 is 11.1 Å². The van der Waals surface area contributed by atoms with Crippen LogP contribution in [0, 0.1) is 5.82 Å². The van der Waals surface area contributed by atoms with Crippen LogP contribution in [0.15, 0.2) is 29.6 Å². The molecular weight excluding hydrogens is 329 g/mol. The van der Waals surface area contributed by atoms with Crippen molar-refractivity contribution in [3.8, 4) is 0 Å². The van der Waals surface area contributed by atoms with E-state index in [9.17, 15) is 14.3 Å². The van der Waals surface area contributed by atoms with Gasteiger partial charge in [0, 0.05) is 18.3 Å². The van der Waals surface area contributed by atoms with E-state index >= 15 is 0 Å². The van der Waals surface area contributed by atoms with E-state index in [0.29, 0.717) is 24.2 Å². The molecule has 1 aromatic carbocycles. The Labute approximate surface area is 137 Å². The smallest absolute Gasteiger partial charge is 0.270 e. The van der Waals surface area contributed by atoms with E-state index in [4.69, 9.17) is 5.73 Å². The lowest BCUT2D eigenvalue weighted by molar-refractivity contribution is 0.0912. The van der Waals surface area contributed by atoms with E-state index in [1.807, 2.05) is 0 Å². The third-order valence-electron chi connectivity index (χ3n) is 2.85. The largest absolute Gasteiger partial charge is 0.387 e. The highest BCUT2D eigenvalue weighted by atomic mass is 35.5. The van der Waals surface area contributed by atoms with E-state index in [2.05, 4.69) is 10.3 Å². The van der Waals surface area contributed by atoms with E-state index in [1.54, 1.807) is 5.38 Å². The van der Waals surface area contributed by atoms with Crippen molar-refractivity contribution in [2.75, 3.05) is 13.1 Å². The van der Waals surface area contributed by atoms with E-state index < -0.39 is 6.10 Å². The molecule has 0 bridgehead atoms. The second kappa shape index (κ2) is 8.79. The number of nitrogens with zero attached hydrogens (tertiary/aromatic N) is 1. The topological polar surface area (TPSA) is 88.2 Å². The Morgan fingerprint density at radius 1 is 1.41 bits per heavy atom. The second-order valence-electron chi connectivity index (χ2n) is 4.44. The maximum absolute atomic E-state index is 12.8. The quantitative estimate of drug-likeness (QED) is 0.743. The summed E-state index contributed by atoms with van der Waals surface area (Å²) in [7, 11) is 0. The van der Waals surface area contributed by atoms with Crippen molar-refractivity contribution in [1.82, 2.24) is 10.3 Å². The number of aromatic nitrogens is 1. The van der Waals surface area contributed by atoms with E-state index in [0.717, 1.165) is 5.01 Å². The molecule has 2 aromatic rings. The summed E-state index contributed by atoms with van der Waals surface area (Å²) in [5, 5.41) is 15.0. The zero-order valence-electron chi connectivity index (χ0n) is 11.7. The summed E-state index contributed by atoms with van der Waals surface area (Å²) in [4.78, 5) is 16.0. The van der Waals surface area contributed by atoms with Gasteiger partial charge in [0.2, 0.25) is 0 Å². The van der Waals surface area contributed by atoms with E-state index in [-0.39, 0.29) is 30.7 Å². The van der Waals surface area contributed by atoms with Gasteiger partial charge in [-0.2, -0.15) is 0 Å². The van der Waals surface area contributed by atoms with Gasteiger partial charge in [-0.15, -0.1) is 23.7 Å². The Morgan fingerprint density at radius 3 is 2.73 bits per heavy atom. The number of nitrogens with one attached hydrogen (secondary N) is 1. The molecule has 1 unspecified atom stereocenters. The highest BCUT2D eigenvalue weighted by Crippen LogP contribution is 2.13. The van der Waals surface area contributed by atoms with Gasteiger partial charge in [0.25, 0.3) is 5.91 Å². The first-order chi connectivity index (χ1) is 10.1. The Hall–Kier alpha value is -1.54. The first kappa shape index (κ1) is 18.5. The Kier molecular flexibility index (Phi) is 7.40. The molecule has 0 aliphatic heterocycles. The van der Waals surface area contributed by atoms with Crippen LogP contribution in [-0.4, -0.2) is 29.1 Å². The SMILES string of the molecule is Cl.NCCc1nc(C(=O)NCC(O)c2ccc(F)cc2)cs1. The Morgan fingerprint density at radius 2 is 2.09 bits per heavy atom. The van der Waals surface area contributed by atoms with E-state index in [1.165, 1.54) is 35.6 Å². The molecule has 0 aliphatic carbocycles. The van der Waals surface area contributed by atoms with Crippen molar-refractivity contribution in [3.05, 3.63) is 51.7 Å². The fourth-order valence-corrected chi connectivity index (χ4v) is 2.53. The second-order valence-corrected chi connectivity index (χ2v) is 5.39. The van der Waals surface area contributed by atoms with Gasteiger partial charge in [0.15, 0.2) is 0 Å². The number of halogens is 2. The molecule has 22 heavy (non-hydrogen) atoms. The standard InChI is InChI=1S/C14H16FN3O2S.ClH/c15-10-3-1-9(2-4-10)12(19)7-17-14(20)11-8-21-13(18-11)5-6-16;/h1-4,8,12,19H,5-7,16H2,(H,17,20);1H. The number of carbonyl (C=O) groups excluding carboxylic acids is 1. The predicted octanol–water partition coefficient (Wildman–Crippen LogP) is 1.67. The van der Waals surface area contributed by atoms with Gasteiger partial charge >= 0.3 is 0 Å². The number of benzene rings is 1. The molecule has 1 heterocycles. The maximum Gasteiger partial charge on any atom is 0.270 e. The molecule has 1 amide bonds. The summed E-state index contributed by atoms with van der Waals surface area (Å²) in [6.07, 6.45) is -0.257. The van der Waals surface area contributed by atoms with Crippen LogP contribution in [0.1, 0.15) is 27.2 Å². The summed E-state index contributed by atoms with van der Waals surface area (Å²) >= 11 is 1.38. The number of aliphatic hydroxyl groups is 1. The number of hydrogen-bond donors (Lipinski definition) is 3. The van der Waals surface area contributed by atoms with Crippen molar-refractivity contribution in [2.45, 2.75) is 12.5 Å². The maximum atomic E-state index is 12.8. The van der Waals surface area contributed by atoms with Crippen LogP contribution >= 0.6 is 23.7 Å². The van der Waals surface area contributed by atoms with Crippen LogP contribution in [0.25, 0.3) is 0 Å². The number of carbonyl (C=O) groups is 1. The zero-order chi connectivity index (χ0) is 15.2. The normalized spacial score (nSPS) is 11.6. The van der Waals surface area contributed by atoms with Crippen molar-refractivity contribution >= 4 is 29.7 Å². The van der Waals surface area contributed by atoms with Crippen LogP contribution in [-0.2, 0) is 6.42 Å². The van der Waals surface area contributed by atoms with Crippen molar-refractivity contribution < 1.29 is 14.3 Å². The van der Waals surface area contributed by atoms with Gasteiger partial charge in [0.05, 0.1) is 11.1 Å². The van der Waals surface area contributed by atoms with Gasteiger partial charge < -0.3 is 16.2 Å². The van der Waals surface area contributed by atoms with Gasteiger partial charge in [-0.05, 0) is 24.2 Å². The molecule has 120 valence electrons. The lowest BCUT2D eigenvalue weighted by Gasteiger charge is -2.11. The third kappa shape index (κ3) is 5.03. The molecule has 5 nitrogen and oxygen atoms in total. The number of aliphatic hydroxyl groups excluding tert-OH is 1. The van der Waals surface area contributed by atoms with Gasteiger partial charge in [-0.25, -0.2) is 9.37 Å². The van der Waals surface area contributed by atoms with Gasteiger partial charge in [-0.1, -0.05) is 12.1 Å². The Bertz CT molecular complexity index is 606. The molecule has 0 saturated carbocycles. The summed E-state index contributed by atoms with van der Waals surface area (Å²) in [6.45, 7) is 0.520. The monoisotopic (exact) mass is 345 g/mol. The molecule has 0 spiro atoms. The number of amides is 1. The minimum atomic E-state index is -0.892. The summed E-state index contributed by atoms with van der Waals surface area (Å²) in [5.41, 5.74) is 6.28. The number of hydrogen-bond acceptors (Lipinski definition) is 5. The van der Waals surface area contributed by atoms with Crippen LogP contribution in [0.2, 0.25) is 0 Å².